The molecule has 57 heavy (non-hydrogen) atoms. The molecule has 0 aliphatic carbocycles. The van der Waals surface area contributed by atoms with E-state index in [0.29, 0.717) is 12.8 Å². The van der Waals surface area contributed by atoms with E-state index in [4.69, 9.17) is 18.9 Å². The van der Waals surface area contributed by atoms with E-state index in [1.54, 1.807) is 0 Å². The molecule has 0 aromatic carbocycles. The summed E-state index contributed by atoms with van der Waals surface area (Å²) in [6, 6.07) is 0. The molecule has 2 rings (SSSR count). The fourth-order valence-corrected chi connectivity index (χ4v) is 7.29. The standard InChI is InChI=1S/C49H83NO7/c1-5-7-9-11-13-15-17-19-21-23-25-27-29-31-33-35-45(51)56-44-42-54-43(41-55-48(53)49(3)37-39-50(4)40-38-49)47(44)57-46(52)36-34-32-30-28-26-24-22-20-18-16-14-12-10-8-6-2/h13-16,19-22,43-44,47H,5-12,17-18,23-42H2,1-4H3/b15-13-,16-14-,21-19-,22-20-/t43-,44?,47+/m0/s1. The van der Waals surface area contributed by atoms with E-state index in [1.165, 1.54) is 51.4 Å². The van der Waals surface area contributed by atoms with E-state index in [0.717, 1.165) is 116 Å². The first-order valence-corrected chi connectivity index (χ1v) is 23.2. The Kier molecular flexibility index (Phi) is 29.3. The van der Waals surface area contributed by atoms with Gasteiger partial charge in [0.2, 0.25) is 0 Å². The van der Waals surface area contributed by atoms with Gasteiger partial charge in [-0.25, -0.2) is 0 Å². The SMILES string of the molecule is CCCCC/C=C\C/C=C\CCCCCCCC(=O)OC1CO[C@@H](COC(=O)C2(C)CCN(C)CC2)[C@H]1OC(=O)CCCCCCC/C=C\C/C=C\CCCCC. The van der Waals surface area contributed by atoms with Crippen LogP contribution in [0, 0.1) is 5.41 Å². The van der Waals surface area contributed by atoms with E-state index in [1.807, 2.05) is 6.92 Å². The van der Waals surface area contributed by atoms with Gasteiger partial charge in [0.15, 0.2) is 12.2 Å². The minimum Gasteiger partial charge on any atom is -0.462 e. The highest BCUT2D eigenvalue weighted by Crippen LogP contribution is 2.32. The van der Waals surface area contributed by atoms with Crippen LogP contribution in [0.3, 0.4) is 0 Å². The number of nitrogens with zero attached hydrogens (tertiary/aromatic N) is 1. The number of rotatable bonds is 33. The number of carbonyl (C=O) groups is 3. The van der Waals surface area contributed by atoms with Crippen molar-refractivity contribution in [3.63, 3.8) is 0 Å². The smallest absolute Gasteiger partial charge is 0.311 e. The van der Waals surface area contributed by atoms with Crippen LogP contribution < -0.4 is 0 Å². The number of unbranched alkanes of at least 4 members (excludes halogenated alkanes) is 16. The van der Waals surface area contributed by atoms with Gasteiger partial charge >= 0.3 is 17.9 Å². The van der Waals surface area contributed by atoms with Crippen LogP contribution in [-0.2, 0) is 33.3 Å². The molecule has 2 aliphatic heterocycles. The highest BCUT2D eigenvalue weighted by Gasteiger charge is 2.45. The lowest BCUT2D eigenvalue weighted by molar-refractivity contribution is -0.171. The van der Waals surface area contributed by atoms with Crippen LogP contribution >= 0.6 is 0 Å². The fraction of sp³-hybridized carbons (Fsp3) is 0.776. The van der Waals surface area contributed by atoms with Crippen molar-refractivity contribution >= 4 is 17.9 Å². The number of hydrogen-bond donors (Lipinski definition) is 0. The minimum absolute atomic E-state index is 0.0368. The molecule has 2 saturated heterocycles. The van der Waals surface area contributed by atoms with E-state index in [2.05, 4.69) is 74.4 Å². The second-order valence-corrected chi connectivity index (χ2v) is 16.8. The number of carbonyl (C=O) groups excluding carboxylic acids is 3. The number of allylic oxidation sites excluding steroid dienone is 8. The summed E-state index contributed by atoms with van der Waals surface area (Å²) in [4.78, 5) is 41.3. The van der Waals surface area contributed by atoms with Crippen molar-refractivity contribution < 1.29 is 33.3 Å². The molecule has 326 valence electrons. The number of likely N-dealkylation sites (tertiary alicyclic amines) is 1. The first-order valence-electron chi connectivity index (χ1n) is 23.2. The maximum atomic E-state index is 13.2. The van der Waals surface area contributed by atoms with Gasteiger partial charge in [0.05, 0.1) is 12.0 Å². The zero-order valence-electron chi connectivity index (χ0n) is 36.9. The Hall–Kier alpha value is -2.71. The van der Waals surface area contributed by atoms with Gasteiger partial charge in [-0.1, -0.05) is 127 Å². The Morgan fingerprint density at radius 1 is 0.614 bits per heavy atom. The lowest BCUT2D eigenvalue weighted by Gasteiger charge is -2.36. The lowest BCUT2D eigenvalue weighted by atomic mass is 9.80. The fourth-order valence-electron chi connectivity index (χ4n) is 7.29. The summed E-state index contributed by atoms with van der Waals surface area (Å²) >= 11 is 0. The summed E-state index contributed by atoms with van der Waals surface area (Å²) in [5, 5.41) is 0. The van der Waals surface area contributed by atoms with Crippen molar-refractivity contribution in [3.05, 3.63) is 48.6 Å². The van der Waals surface area contributed by atoms with Crippen molar-refractivity contribution in [1.29, 1.82) is 0 Å². The van der Waals surface area contributed by atoms with Crippen molar-refractivity contribution in [3.8, 4) is 0 Å². The molecular formula is C49H83NO7. The molecule has 0 aromatic heterocycles. The van der Waals surface area contributed by atoms with Crippen LogP contribution in [0.15, 0.2) is 48.6 Å². The summed E-state index contributed by atoms with van der Waals surface area (Å²) in [6.07, 6.45) is 42.6. The molecule has 2 aliphatic rings. The topological polar surface area (TPSA) is 91.4 Å². The molecule has 0 saturated carbocycles. The molecule has 3 atom stereocenters. The molecule has 0 aromatic rings. The average Bonchev–Trinajstić information content (AvgIpc) is 3.57. The van der Waals surface area contributed by atoms with E-state index < -0.39 is 23.7 Å². The van der Waals surface area contributed by atoms with Crippen LogP contribution in [0.1, 0.15) is 188 Å². The number of esters is 3. The van der Waals surface area contributed by atoms with Gasteiger partial charge in [-0.05, 0) is 117 Å². The number of ether oxygens (including phenoxy) is 4. The highest BCUT2D eigenvalue weighted by atomic mass is 16.6. The second kappa shape index (κ2) is 33.2. The number of hydrogen-bond acceptors (Lipinski definition) is 8. The predicted octanol–water partition coefficient (Wildman–Crippen LogP) is 12.1. The zero-order valence-corrected chi connectivity index (χ0v) is 36.9. The average molecular weight is 798 g/mol. The largest absolute Gasteiger partial charge is 0.462 e. The van der Waals surface area contributed by atoms with Crippen molar-refractivity contribution in [1.82, 2.24) is 4.90 Å². The molecule has 1 unspecified atom stereocenters. The molecule has 0 bridgehead atoms. The Labute approximate surface area is 348 Å². The maximum Gasteiger partial charge on any atom is 0.311 e. The summed E-state index contributed by atoms with van der Waals surface area (Å²) in [7, 11) is 2.06. The highest BCUT2D eigenvalue weighted by molar-refractivity contribution is 5.76. The van der Waals surface area contributed by atoms with Crippen LogP contribution in [0.4, 0.5) is 0 Å². The Morgan fingerprint density at radius 2 is 1.05 bits per heavy atom. The van der Waals surface area contributed by atoms with Gasteiger partial charge in [-0.2, -0.15) is 0 Å². The minimum atomic E-state index is -0.804. The summed E-state index contributed by atoms with van der Waals surface area (Å²) in [6.45, 7) is 8.18. The Bertz CT molecular complexity index is 1170. The van der Waals surface area contributed by atoms with Crippen LogP contribution in [0.25, 0.3) is 0 Å². The van der Waals surface area contributed by atoms with Crippen molar-refractivity contribution in [2.45, 2.75) is 206 Å². The van der Waals surface area contributed by atoms with Gasteiger partial charge in [0, 0.05) is 12.8 Å². The van der Waals surface area contributed by atoms with Crippen molar-refractivity contribution in [2.24, 2.45) is 5.41 Å². The van der Waals surface area contributed by atoms with Gasteiger partial charge in [-0.15, -0.1) is 0 Å². The lowest BCUT2D eigenvalue weighted by Crippen LogP contribution is -2.44. The quantitative estimate of drug-likeness (QED) is 0.0281. The van der Waals surface area contributed by atoms with E-state index >= 15 is 0 Å². The van der Waals surface area contributed by atoms with Gasteiger partial charge < -0.3 is 23.8 Å². The Morgan fingerprint density at radius 3 is 1.54 bits per heavy atom. The molecule has 0 N–H and O–H groups in total. The molecular weight excluding hydrogens is 715 g/mol. The monoisotopic (exact) mass is 798 g/mol. The summed E-state index contributed by atoms with van der Waals surface area (Å²) in [5.74, 6) is -0.888. The molecule has 2 heterocycles. The zero-order chi connectivity index (χ0) is 41.2. The molecule has 8 heteroatoms. The summed E-state index contributed by atoms with van der Waals surface area (Å²) in [5.41, 5.74) is -0.550. The third-order valence-electron chi connectivity index (χ3n) is 11.4. The second-order valence-electron chi connectivity index (χ2n) is 16.8. The number of piperidine rings is 1. The predicted molar refractivity (Wildman–Crippen MR) is 234 cm³/mol. The van der Waals surface area contributed by atoms with E-state index in [9.17, 15) is 14.4 Å². The molecule has 0 radical (unpaired) electrons. The molecule has 8 nitrogen and oxygen atoms in total. The molecule has 0 amide bonds. The van der Waals surface area contributed by atoms with E-state index in [-0.39, 0.29) is 31.1 Å². The summed E-state index contributed by atoms with van der Waals surface area (Å²) < 4.78 is 23.6. The van der Waals surface area contributed by atoms with Gasteiger partial charge in [-0.3, -0.25) is 14.4 Å². The van der Waals surface area contributed by atoms with Gasteiger partial charge in [0.25, 0.3) is 0 Å². The first-order chi connectivity index (χ1) is 27.8. The molecule has 2 fully saturated rings. The maximum absolute atomic E-state index is 13.2. The van der Waals surface area contributed by atoms with Crippen LogP contribution in [0.2, 0.25) is 0 Å². The third-order valence-corrected chi connectivity index (χ3v) is 11.4. The van der Waals surface area contributed by atoms with Gasteiger partial charge in [0.1, 0.15) is 12.7 Å². The normalized spacial score (nSPS) is 20.0. The molecule has 0 spiro atoms. The van der Waals surface area contributed by atoms with Crippen molar-refractivity contribution in [2.75, 3.05) is 33.4 Å². The third kappa shape index (κ3) is 24.7. The van der Waals surface area contributed by atoms with Crippen LogP contribution in [-0.4, -0.2) is 74.5 Å². The Balaban J connectivity index is 1.71. The first kappa shape index (κ1) is 50.4. The van der Waals surface area contributed by atoms with Crippen LogP contribution in [0.5, 0.6) is 0 Å².